The Balaban J connectivity index is 1.66. The number of thioether (sulfide) groups is 1. The first-order valence-corrected chi connectivity index (χ1v) is 10.7. The summed E-state index contributed by atoms with van der Waals surface area (Å²) in [5.74, 6) is 1.37. The van der Waals surface area contributed by atoms with Crippen molar-refractivity contribution in [2.45, 2.75) is 32.1 Å². The van der Waals surface area contributed by atoms with Crippen LogP contribution in [0.1, 0.15) is 37.7 Å². The number of ether oxygens (including phenoxy) is 3. The number of hydrogen-bond donors (Lipinski definition) is 1. The van der Waals surface area contributed by atoms with Crippen LogP contribution in [0.25, 0.3) is 6.08 Å². The Labute approximate surface area is 179 Å². The topological polar surface area (TPSA) is 96.6 Å². The minimum atomic E-state index is -0.451. The fourth-order valence-corrected chi connectivity index (χ4v) is 4.93. The molecular formula is C21H24N4O4S. The van der Waals surface area contributed by atoms with Crippen molar-refractivity contribution >= 4 is 39.8 Å². The number of benzene rings is 1. The average Bonchev–Trinajstić information content (AvgIpc) is 3.20. The molecule has 2 aliphatic heterocycles. The van der Waals surface area contributed by atoms with E-state index in [4.69, 9.17) is 19.6 Å². The van der Waals surface area contributed by atoms with Gasteiger partial charge in [-0.3, -0.25) is 10.2 Å². The molecule has 158 valence electrons. The summed E-state index contributed by atoms with van der Waals surface area (Å²) < 4.78 is 16.1. The number of carbonyl (C=O) groups excluding carboxylic acids is 1. The van der Waals surface area contributed by atoms with Crippen LogP contribution in [-0.4, -0.2) is 48.3 Å². The molecule has 0 radical (unpaired) electrons. The maximum absolute atomic E-state index is 12.7. The monoisotopic (exact) mass is 428 g/mol. The van der Waals surface area contributed by atoms with Crippen molar-refractivity contribution < 1.29 is 19.0 Å². The molecule has 9 heteroatoms. The number of amides is 1. The van der Waals surface area contributed by atoms with Crippen LogP contribution >= 0.6 is 11.8 Å². The maximum Gasteiger partial charge on any atom is 0.283 e. The molecule has 0 spiro atoms. The lowest BCUT2D eigenvalue weighted by Gasteiger charge is -2.20. The highest BCUT2D eigenvalue weighted by molar-refractivity contribution is 8.27. The number of nitrogens with zero attached hydrogens (tertiary/aromatic N) is 3. The van der Waals surface area contributed by atoms with Gasteiger partial charge in [0.15, 0.2) is 17.3 Å². The van der Waals surface area contributed by atoms with Crippen molar-refractivity contribution in [3.8, 4) is 17.2 Å². The van der Waals surface area contributed by atoms with Crippen LogP contribution < -0.4 is 14.2 Å². The summed E-state index contributed by atoms with van der Waals surface area (Å²) in [6.07, 6.45) is 7.45. The van der Waals surface area contributed by atoms with E-state index < -0.39 is 5.91 Å². The van der Waals surface area contributed by atoms with Crippen molar-refractivity contribution in [2.75, 3.05) is 21.3 Å². The summed E-state index contributed by atoms with van der Waals surface area (Å²) in [5, 5.41) is 16.1. The van der Waals surface area contributed by atoms with E-state index in [1.807, 2.05) is 0 Å². The van der Waals surface area contributed by atoms with Gasteiger partial charge in [0, 0.05) is 5.92 Å². The lowest BCUT2D eigenvalue weighted by Crippen LogP contribution is -2.35. The molecule has 0 saturated heterocycles. The molecule has 8 nitrogen and oxygen atoms in total. The molecular weight excluding hydrogens is 404 g/mol. The number of hydrazone groups is 1. The zero-order valence-electron chi connectivity index (χ0n) is 17.2. The summed E-state index contributed by atoms with van der Waals surface area (Å²) in [4.78, 5) is 16.9. The van der Waals surface area contributed by atoms with Crippen molar-refractivity contribution in [1.29, 1.82) is 5.41 Å². The molecule has 1 saturated carbocycles. The highest BCUT2D eigenvalue weighted by atomic mass is 32.2. The van der Waals surface area contributed by atoms with Gasteiger partial charge in [0.05, 0.1) is 26.9 Å². The van der Waals surface area contributed by atoms with Gasteiger partial charge < -0.3 is 14.2 Å². The van der Waals surface area contributed by atoms with Gasteiger partial charge in [-0.2, -0.15) is 15.1 Å². The van der Waals surface area contributed by atoms with Crippen LogP contribution in [0, 0.1) is 11.3 Å². The Morgan fingerprint density at radius 3 is 2.37 bits per heavy atom. The lowest BCUT2D eigenvalue weighted by molar-refractivity contribution is -0.114. The number of fused-ring (bicyclic) bond motifs is 1. The highest BCUT2D eigenvalue weighted by Gasteiger charge is 2.38. The molecule has 30 heavy (non-hydrogen) atoms. The van der Waals surface area contributed by atoms with Gasteiger partial charge >= 0.3 is 0 Å². The summed E-state index contributed by atoms with van der Waals surface area (Å²) in [6, 6.07) is 3.45. The first kappa shape index (κ1) is 20.5. The van der Waals surface area contributed by atoms with Crippen LogP contribution in [0.2, 0.25) is 0 Å². The summed E-state index contributed by atoms with van der Waals surface area (Å²) in [7, 11) is 4.59. The zero-order chi connectivity index (χ0) is 21.3. The Kier molecular flexibility index (Phi) is 5.80. The molecule has 1 amide bonds. The van der Waals surface area contributed by atoms with E-state index in [1.165, 1.54) is 57.4 Å². The minimum absolute atomic E-state index is 0.0251. The first-order chi connectivity index (χ1) is 14.5. The molecule has 0 bridgehead atoms. The first-order valence-electron chi connectivity index (χ1n) is 9.85. The van der Waals surface area contributed by atoms with Crippen LogP contribution in [0.4, 0.5) is 0 Å². The molecule has 1 aliphatic carbocycles. The quantitative estimate of drug-likeness (QED) is 0.714. The lowest BCUT2D eigenvalue weighted by atomic mass is 9.90. The molecule has 0 atom stereocenters. The Morgan fingerprint density at radius 1 is 1.10 bits per heavy atom. The second kappa shape index (κ2) is 8.51. The number of aliphatic imine (C=N–C) groups is 1. The normalized spacial score (nSPS) is 20.8. The minimum Gasteiger partial charge on any atom is -0.493 e. The van der Waals surface area contributed by atoms with Crippen LogP contribution in [0.15, 0.2) is 27.8 Å². The smallest absolute Gasteiger partial charge is 0.283 e. The predicted octanol–water partition coefficient (Wildman–Crippen LogP) is 3.91. The van der Waals surface area contributed by atoms with E-state index in [9.17, 15) is 4.79 Å². The molecule has 1 N–H and O–H groups in total. The van der Waals surface area contributed by atoms with E-state index >= 15 is 0 Å². The number of rotatable bonds is 5. The molecule has 1 aromatic rings. The van der Waals surface area contributed by atoms with E-state index in [1.54, 1.807) is 18.2 Å². The molecule has 3 aliphatic rings. The Bertz CT molecular complexity index is 954. The number of methoxy groups -OCH3 is 3. The summed E-state index contributed by atoms with van der Waals surface area (Å²) >= 11 is 1.41. The standard InChI is InChI=1S/C21H24N4O4S/c1-27-15-10-12(11-16(28-2)17(15)29-3)9-14-18(22)25-21(23-19(14)26)30-20(24-25)13-7-5-4-6-8-13/h9-11,13,22H,4-8H2,1-3H3. The Morgan fingerprint density at radius 2 is 1.77 bits per heavy atom. The summed E-state index contributed by atoms with van der Waals surface area (Å²) in [5.41, 5.74) is 0.807. The second-order valence-electron chi connectivity index (χ2n) is 7.25. The van der Waals surface area contributed by atoms with E-state index in [-0.39, 0.29) is 11.4 Å². The van der Waals surface area contributed by atoms with Gasteiger partial charge in [-0.25, -0.2) is 0 Å². The van der Waals surface area contributed by atoms with Crippen LogP contribution in [0.3, 0.4) is 0 Å². The number of hydrogen-bond acceptors (Lipinski definition) is 7. The molecule has 0 aromatic heterocycles. The number of amidine groups is 2. The van der Waals surface area contributed by atoms with Crippen LogP contribution in [-0.2, 0) is 4.79 Å². The Hall–Kier alpha value is -2.81. The van der Waals surface area contributed by atoms with Crippen molar-refractivity contribution in [2.24, 2.45) is 16.0 Å². The van der Waals surface area contributed by atoms with E-state index in [2.05, 4.69) is 10.1 Å². The van der Waals surface area contributed by atoms with E-state index in [0.717, 1.165) is 17.9 Å². The maximum atomic E-state index is 12.7. The summed E-state index contributed by atoms with van der Waals surface area (Å²) in [6.45, 7) is 0. The second-order valence-corrected chi connectivity index (χ2v) is 8.24. The molecule has 2 heterocycles. The molecule has 1 aromatic carbocycles. The van der Waals surface area contributed by atoms with Gasteiger partial charge in [-0.15, -0.1) is 0 Å². The van der Waals surface area contributed by atoms with Gasteiger partial charge in [0.1, 0.15) is 5.04 Å². The molecule has 1 fully saturated rings. The highest BCUT2D eigenvalue weighted by Crippen LogP contribution is 2.40. The van der Waals surface area contributed by atoms with Crippen LogP contribution in [0.5, 0.6) is 17.2 Å². The van der Waals surface area contributed by atoms with Crippen molar-refractivity contribution in [1.82, 2.24) is 5.01 Å². The largest absolute Gasteiger partial charge is 0.493 e. The molecule has 4 rings (SSSR count). The number of nitrogens with one attached hydrogen (secondary N) is 1. The molecule has 0 unspecified atom stereocenters. The van der Waals surface area contributed by atoms with Gasteiger partial charge in [-0.1, -0.05) is 19.3 Å². The SMILES string of the molecule is COc1cc(C=C2C(=N)N3N=C(C4CCCCC4)SC3=NC2=O)cc(OC)c1OC. The van der Waals surface area contributed by atoms with Gasteiger partial charge in [-0.05, 0) is 48.4 Å². The third-order valence-electron chi connectivity index (χ3n) is 5.42. The third kappa shape index (κ3) is 3.69. The van der Waals surface area contributed by atoms with E-state index in [0.29, 0.717) is 33.9 Å². The van der Waals surface area contributed by atoms with Gasteiger partial charge in [0.2, 0.25) is 10.9 Å². The number of carbonyl (C=O) groups is 1. The average molecular weight is 429 g/mol. The third-order valence-corrected chi connectivity index (χ3v) is 6.49. The fraction of sp³-hybridized carbons (Fsp3) is 0.429. The van der Waals surface area contributed by atoms with Crippen molar-refractivity contribution in [3.05, 3.63) is 23.3 Å². The fourth-order valence-electron chi connectivity index (χ4n) is 3.87. The van der Waals surface area contributed by atoms with Crippen molar-refractivity contribution in [3.63, 3.8) is 0 Å². The zero-order valence-corrected chi connectivity index (χ0v) is 18.0. The van der Waals surface area contributed by atoms with Gasteiger partial charge in [0.25, 0.3) is 5.91 Å². The predicted molar refractivity (Wildman–Crippen MR) is 118 cm³/mol.